The van der Waals surface area contributed by atoms with Crippen molar-refractivity contribution in [3.63, 3.8) is 0 Å². The Hall–Kier alpha value is -2.12. The van der Waals surface area contributed by atoms with Gasteiger partial charge in [-0.05, 0) is 0 Å². The van der Waals surface area contributed by atoms with Crippen molar-refractivity contribution >= 4 is 11.9 Å². The lowest BCUT2D eigenvalue weighted by molar-refractivity contribution is -0.602. The molecule has 2 unspecified atom stereocenters. The molecule has 2 N–H and O–H groups in total. The number of halogens is 6. The van der Waals surface area contributed by atoms with Gasteiger partial charge in [-0.3, -0.25) is 20.2 Å². The molecule has 1 rings (SSSR count). The molecule has 14 heteroatoms. The lowest BCUT2D eigenvalue weighted by Gasteiger charge is -2.30. The topological polar surface area (TPSA) is 111 Å². The number of hydrogen-bond acceptors (Lipinski definition) is 5. The molecule has 0 radical (unpaired) electrons. The molecule has 21 heavy (non-hydrogen) atoms. The van der Waals surface area contributed by atoms with E-state index in [1.54, 1.807) is 0 Å². The second kappa shape index (κ2) is 5.01. The van der Waals surface area contributed by atoms with Crippen LogP contribution in [0.2, 0.25) is 0 Å². The number of alkyl halides is 6. The molecule has 0 aromatic rings. The number of amides is 3. The largest absolute Gasteiger partial charge is 0.480 e. The van der Waals surface area contributed by atoms with Crippen LogP contribution in [0.1, 0.15) is 0 Å². The van der Waals surface area contributed by atoms with Crippen molar-refractivity contribution in [3.8, 4) is 0 Å². The van der Waals surface area contributed by atoms with Crippen LogP contribution < -0.4 is 10.6 Å². The third-order valence-electron chi connectivity index (χ3n) is 2.27. The van der Waals surface area contributed by atoms with Crippen molar-refractivity contribution in [1.82, 2.24) is 10.6 Å². The van der Waals surface area contributed by atoms with Gasteiger partial charge in [-0.2, -0.15) is 26.3 Å². The second-order valence-electron chi connectivity index (χ2n) is 3.75. The Labute approximate surface area is 110 Å². The van der Waals surface area contributed by atoms with Crippen molar-refractivity contribution in [1.29, 1.82) is 0 Å². The Bertz CT molecular complexity index is 482. The number of carbonyl (C=O) groups is 2. The fourth-order valence-electron chi connectivity index (χ4n) is 1.16. The first-order chi connectivity index (χ1) is 9.32. The van der Waals surface area contributed by atoms with E-state index >= 15 is 0 Å². The lowest BCUT2D eigenvalue weighted by atomic mass is 10.1. The number of carbonyl (C=O) groups excluding carboxylic acids is 2. The van der Waals surface area contributed by atoms with Gasteiger partial charge in [0.15, 0.2) is 0 Å². The average molecular weight is 325 g/mol. The maximum atomic E-state index is 13.8. The summed E-state index contributed by atoms with van der Waals surface area (Å²) in [6, 6.07) is -1.56. The van der Waals surface area contributed by atoms with Gasteiger partial charge in [0.2, 0.25) is 6.23 Å². The smallest absolute Gasteiger partial charge is 0.342 e. The number of imide groups is 1. The first-order valence-electron chi connectivity index (χ1n) is 4.84. The van der Waals surface area contributed by atoms with Gasteiger partial charge in [0.05, 0.1) is 4.92 Å². The van der Waals surface area contributed by atoms with Crippen LogP contribution in [-0.4, -0.2) is 47.6 Å². The normalized spacial score (nSPS) is 27.0. The average Bonchev–Trinajstić information content (AvgIpc) is 2.30. The van der Waals surface area contributed by atoms with Crippen molar-refractivity contribution in [3.05, 3.63) is 10.1 Å². The highest BCUT2D eigenvalue weighted by atomic mass is 19.4. The van der Waals surface area contributed by atoms with E-state index in [1.165, 1.54) is 5.32 Å². The van der Waals surface area contributed by atoms with E-state index < -0.39 is 47.6 Å². The summed E-state index contributed by atoms with van der Waals surface area (Å²) in [5, 5.41) is 12.8. The van der Waals surface area contributed by atoms with Crippen LogP contribution in [0.3, 0.4) is 0 Å². The predicted molar refractivity (Wildman–Crippen MR) is 48.2 cm³/mol. The summed E-state index contributed by atoms with van der Waals surface area (Å²) >= 11 is 0. The highest BCUT2D eigenvalue weighted by Crippen LogP contribution is 2.36. The molecule has 1 saturated heterocycles. The molecular formula is C7H5F6N3O5. The number of nitrogens with zero attached hydrogens (tertiary/aromatic N) is 1. The summed E-state index contributed by atoms with van der Waals surface area (Å²) in [6.07, 6.45) is -9.02. The van der Waals surface area contributed by atoms with Crippen LogP contribution in [0.5, 0.6) is 0 Å². The minimum absolute atomic E-state index is 1.11. The van der Waals surface area contributed by atoms with Crippen molar-refractivity contribution in [2.45, 2.75) is 24.1 Å². The highest BCUT2D eigenvalue weighted by Gasteiger charge is 2.66. The molecule has 1 aliphatic rings. The Morgan fingerprint density at radius 3 is 2.24 bits per heavy atom. The molecule has 8 nitrogen and oxygen atoms in total. The van der Waals surface area contributed by atoms with Crippen molar-refractivity contribution in [2.75, 3.05) is 6.61 Å². The zero-order valence-electron chi connectivity index (χ0n) is 9.54. The maximum Gasteiger partial charge on any atom is 0.480 e. The molecular weight excluding hydrogens is 320 g/mol. The third-order valence-corrected chi connectivity index (χ3v) is 2.27. The van der Waals surface area contributed by atoms with Crippen molar-refractivity contribution < 1.29 is 45.6 Å². The minimum Gasteiger partial charge on any atom is -0.342 e. The number of ether oxygens (including phenoxy) is 1. The molecule has 0 aromatic heterocycles. The standard InChI is InChI=1S/C7H5F6N3O5/c8-5(9,7(11,12)13)1-21-3-6(10,16(19)20)2(17)14-4(18)15-3/h3H,1H2,(H2,14,15,17,18). The molecule has 1 fully saturated rings. The van der Waals surface area contributed by atoms with Crippen LogP contribution in [0.4, 0.5) is 31.1 Å². The Kier molecular flexibility index (Phi) is 4.04. The van der Waals surface area contributed by atoms with Gasteiger partial charge >= 0.3 is 29.8 Å². The molecule has 0 aliphatic carbocycles. The molecule has 0 aromatic carbocycles. The van der Waals surface area contributed by atoms with Gasteiger partial charge in [-0.1, -0.05) is 0 Å². The highest BCUT2D eigenvalue weighted by molar-refractivity contribution is 6.00. The zero-order valence-corrected chi connectivity index (χ0v) is 9.54. The van der Waals surface area contributed by atoms with Gasteiger partial charge in [0.1, 0.15) is 6.61 Å². The second-order valence-corrected chi connectivity index (χ2v) is 3.75. The molecule has 2 atom stereocenters. The molecule has 0 spiro atoms. The van der Waals surface area contributed by atoms with E-state index in [2.05, 4.69) is 4.74 Å². The quantitative estimate of drug-likeness (QED) is 0.334. The number of nitro groups is 1. The summed E-state index contributed by atoms with van der Waals surface area (Å²) in [5.41, 5.74) is 0. The van der Waals surface area contributed by atoms with Crippen LogP contribution in [0, 0.1) is 10.1 Å². The first-order valence-corrected chi connectivity index (χ1v) is 4.84. The summed E-state index contributed by atoms with van der Waals surface area (Å²) in [6.45, 7) is -2.53. The summed E-state index contributed by atoms with van der Waals surface area (Å²) in [7, 11) is 0. The first kappa shape index (κ1) is 16.9. The van der Waals surface area contributed by atoms with Gasteiger partial charge < -0.3 is 10.1 Å². The fraction of sp³-hybridized carbons (Fsp3) is 0.714. The van der Waals surface area contributed by atoms with E-state index in [9.17, 15) is 46.0 Å². The molecule has 0 saturated carbocycles. The fourth-order valence-corrected chi connectivity index (χ4v) is 1.16. The molecule has 120 valence electrons. The number of hydrogen-bond donors (Lipinski definition) is 2. The van der Waals surface area contributed by atoms with Gasteiger partial charge in [0, 0.05) is 0 Å². The van der Waals surface area contributed by atoms with Crippen LogP contribution in [0.25, 0.3) is 0 Å². The van der Waals surface area contributed by atoms with Gasteiger partial charge in [-0.25, -0.2) is 4.79 Å². The van der Waals surface area contributed by atoms with Crippen LogP contribution in [-0.2, 0) is 9.53 Å². The zero-order chi connectivity index (χ0) is 16.6. The van der Waals surface area contributed by atoms with Crippen LogP contribution >= 0.6 is 0 Å². The Balaban J connectivity index is 2.96. The van der Waals surface area contributed by atoms with E-state index in [0.717, 1.165) is 5.32 Å². The minimum atomic E-state index is -6.07. The summed E-state index contributed by atoms with van der Waals surface area (Å²) in [4.78, 5) is 30.3. The molecule has 3 amide bonds. The Morgan fingerprint density at radius 2 is 1.81 bits per heavy atom. The summed E-state index contributed by atoms with van der Waals surface area (Å²) in [5.74, 6) is -11.9. The predicted octanol–water partition coefficient (Wildman–Crippen LogP) is 0.309. The van der Waals surface area contributed by atoms with Crippen molar-refractivity contribution in [2.24, 2.45) is 0 Å². The van der Waals surface area contributed by atoms with E-state index in [4.69, 9.17) is 0 Å². The van der Waals surface area contributed by atoms with Gasteiger partial charge in [-0.15, -0.1) is 0 Å². The monoisotopic (exact) mass is 325 g/mol. The molecule has 0 bridgehead atoms. The molecule has 1 aliphatic heterocycles. The Morgan fingerprint density at radius 1 is 1.29 bits per heavy atom. The van der Waals surface area contributed by atoms with E-state index in [-0.39, 0.29) is 0 Å². The van der Waals surface area contributed by atoms with E-state index in [0.29, 0.717) is 0 Å². The van der Waals surface area contributed by atoms with Gasteiger partial charge in [0.25, 0.3) is 0 Å². The number of urea groups is 1. The third kappa shape index (κ3) is 2.98. The molecule has 1 heterocycles. The lowest BCUT2D eigenvalue weighted by Crippen LogP contribution is -2.71. The summed E-state index contributed by atoms with van der Waals surface area (Å²) < 4.78 is 78.3. The SMILES string of the molecule is O=C1NC(=O)C(F)([N+](=O)[O-])C(OCC(F)(F)C(F)(F)F)N1. The van der Waals surface area contributed by atoms with Crippen LogP contribution in [0.15, 0.2) is 0 Å². The number of nitrogens with one attached hydrogen (secondary N) is 2. The van der Waals surface area contributed by atoms with E-state index in [1.807, 2.05) is 0 Å². The maximum absolute atomic E-state index is 13.8. The number of rotatable bonds is 4.